The highest BCUT2D eigenvalue weighted by atomic mass is 16.4. The topological polar surface area (TPSA) is 73.7 Å². The van der Waals surface area contributed by atoms with Crippen molar-refractivity contribution < 1.29 is 15.0 Å². The molecule has 16 heavy (non-hydrogen) atoms. The quantitative estimate of drug-likeness (QED) is 0.787. The van der Waals surface area contributed by atoms with Crippen LogP contribution in [0, 0.1) is 0 Å². The molecular weight excluding hydrogens is 208 g/mol. The molecule has 1 atom stereocenters. The number of rotatable bonds is 2. The molecular formula is C11H14N2O3. The van der Waals surface area contributed by atoms with Gasteiger partial charge in [-0.25, -0.2) is 9.78 Å². The van der Waals surface area contributed by atoms with Gasteiger partial charge in [-0.1, -0.05) is 0 Å². The van der Waals surface area contributed by atoms with Gasteiger partial charge in [0.15, 0.2) is 11.6 Å². The van der Waals surface area contributed by atoms with E-state index in [1.165, 1.54) is 6.07 Å². The molecule has 2 N–H and O–H groups in total. The molecule has 2 rings (SSSR count). The number of aromatic hydroxyl groups is 1. The molecule has 86 valence electrons. The van der Waals surface area contributed by atoms with Gasteiger partial charge in [-0.3, -0.25) is 0 Å². The third-order valence-corrected chi connectivity index (χ3v) is 2.83. The van der Waals surface area contributed by atoms with Crippen LogP contribution in [0.3, 0.4) is 0 Å². The van der Waals surface area contributed by atoms with Crippen molar-refractivity contribution in [3.63, 3.8) is 0 Å². The van der Waals surface area contributed by atoms with E-state index in [0.29, 0.717) is 18.8 Å². The summed E-state index contributed by atoms with van der Waals surface area (Å²) >= 11 is 0. The van der Waals surface area contributed by atoms with Crippen molar-refractivity contribution in [1.29, 1.82) is 0 Å². The number of carboxylic acid groups (broad SMARTS) is 1. The minimum absolute atomic E-state index is 0.0376. The lowest BCUT2D eigenvalue weighted by atomic mass is 10.0. The van der Waals surface area contributed by atoms with E-state index in [2.05, 4.69) is 4.98 Å². The molecule has 1 aromatic rings. The molecule has 1 fully saturated rings. The van der Waals surface area contributed by atoms with Crippen LogP contribution >= 0.6 is 0 Å². The molecule has 0 amide bonds. The third-order valence-electron chi connectivity index (χ3n) is 2.83. The molecule has 2 heterocycles. The van der Waals surface area contributed by atoms with Gasteiger partial charge < -0.3 is 15.1 Å². The second kappa shape index (κ2) is 4.38. The molecule has 1 saturated heterocycles. The fourth-order valence-electron chi connectivity index (χ4n) is 2.05. The number of hydrogen-bond donors (Lipinski definition) is 2. The Morgan fingerprint density at radius 1 is 1.50 bits per heavy atom. The average molecular weight is 222 g/mol. The maximum absolute atomic E-state index is 11.1. The first-order valence-electron chi connectivity index (χ1n) is 5.33. The van der Waals surface area contributed by atoms with Crippen molar-refractivity contribution in [2.45, 2.75) is 25.3 Å². The Kier molecular flexibility index (Phi) is 2.94. The van der Waals surface area contributed by atoms with E-state index < -0.39 is 12.0 Å². The fraction of sp³-hybridized carbons (Fsp3) is 0.455. The van der Waals surface area contributed by atoms with Gasteiger partial charge in [-0.2, -0.15) is 0 Å². The number of aliphatic carboxylic acids is 1. The van der Waals surface area contributed by atoms with Gasteiger partial charge in [0, 0.05) is 12.7 Å². The molecule has 0 bridgehead atoms. The lowest BCUT2D eigenvalue weighted by Gasteiger charge is -2.33. The summed E-state index contributed by atoms with van der Waals surface area (Å²) in [5.41, 5.74) is 0. The Morgan fingerprint density at radius 2 is 2.31 bits per heavy atom. The SMILES string of the molecule is O=C(O)[C@H]1CCCCN1c1ncccc1O. The van der Waals surface area contributed by atoms with Crippen LogP contribution in [-0.4, -0.2) is 33.8 Å². The smallest absolute Gasteiger partial charge is 0.326 e. The highest BCUT2D eigenvalue weighted by molar-refractivity contribution is 5.78. The largest absolute Gasteiger partial charge is 0.504 e. The molecule has 1 aliphatic rings. The normalized spacial score (nSPS) is 20.8. The Labute approximate surface area is 93.3 Å². The molecule has 5 heteroatoms. The number of carboxylic acids is 1. The van der Waals surface area contributed by atoms with Crippen molar-refractivity contribution in [1.82, 2.24) is 4.98 Å². The molecule has 0 unspecified atom stereocenters. The highest BCUT2D eigenvalue weighted by Crippen LogP contribution is 2.29. The second-order valence-corrected chi connectivity index (χ2v) is 3.89. The van der Waals surface area contributed by atoms with E-state index in [4.69, 9.17) is 5.11 Å². The summed E-state index contributed by atoms with van der Waals surface area (Å²) < 4.78 is 0. The van der Waals surface area contributed by atoms with E-state index in [9.17, 15) is 9.90 Å². The summed E-state index contributed by atoms with van der Waals surface area (Å²) in [6.07, 6.45) is 3.99. The summed E-state index contributed by atoms with van der Waals surface area (Å²) in [5, 5.41) is 18.8. The van der Waals surface area contributed by atoms with Gasteiger partial charge >= 0.3 is 5.97 Å². The van der Waals surface area contributed by atoms with Crippen LogP contribution in [-0.2, 0) is 4.79 Å². The highest BCUT2D eigenvalue weighted by Gasteiger charge is 2.30. The molecule has 5 nitrogen and oxygen atoms in total. The first kappa shape index (κ1) is 10.7. The summed E-state index contributed by atoms with van der Waals surface area (Å²) in [6, 6.07) is 2.57. The third kappa shape index (κ3) is 1.93. The second-order valence-electron chi connectivity index (χ2n) is 3.89. The number of pyridine rings is 1. The first-order valence-corrected chi connectivity index (χ1v) is 5.33. The minimum atomic E-state index is -0.857. The lowest BCUT2D eigenvalue weighted by Crippen LogP contribution is -2.45. The lowest BCUT2D eigenvalue weighted by molar-refractivity contribution is -0.139. The Hall–Kier alpha value is -1.78. The van der Waals surface area contributed by atoms with Crippen molar-refractivity contribution in [3.8, 4) is 5.75 Å². The maximum atomic E-state index is 11.1. The zero-order chi connectivity index (χ0) is 11.5. The maximum Gasteiger partial charge on any atom is 0.326 e. The predicted octanol–water partition coefficient (Wildman–Crippen LogP) is 1.23. The van der Waals surface area contributed by atoms with Crippen molar-refractivity contribution in [2.24, 2.45) is 0 Å². The number of hydrogen-bond acceptors (Lipinski definition) is 4. The van der Waals surface area contributed by atoms with E-state index in [0.717, 1.165) is 12.8 Å². The molecule has 1 aromatic heterocycles. The van der Waals surface area contributed by atoms with E-state index in [1.807, 2.05) is 0 Å². The number of nitrogens with zero attached hydrogens (tertiary/aromatic N) is 2. The molecule has 0 aliphatic carbocycles. The monoisotopic (exact) mass is 222 g/mol. The first-order chi connectivity index (χ1) is 7.70. The standard InChI is InChI=1S/C11H14N2O3/c14-9-5-3-6-12-10(9)13-7-2-1-4-8(13)11(15)16/h3,5-6,8,14H,1-2,4,7H2,(H,15,16)/t8-/m1/s1. The minimum Gasteiger partial charge on any atom is -0.504 e. The summed E-state index contributed by atoms with van der Waals surface area (Å²) in [6.45, 7) is 0.627. The van der Waals surface area contributed by atoms with Gasteiger partial charge in [0.05, 0.1) is 0 Å². The number of anilines is 1. The molecule has 0 saturated carbocycles. The number of aromatic nitrogens is 1. The Balaban J connectivity index is 2.30. The molecule has 0 spiro atoms. The molecule has 0 radical (unpaired) electrons. The summed E-state index contributed by atoms with van der Waals surface area (Å²) in [4.78, 5) is 16.8. The predicted molar refractivity (Wildman–Crippen MR) is 58.5 cm³/mol. The molecule has 1 aliphatic heterocycles. The van der Waals surface area contributed by atoms with E-state index in [1.54, 1.807) is 17.2 Å². The summed E-state index contributed by atoms with van der Waals surface area (Å²) in [7, 11) is 0. The van der Waals surface area contributed by atoms with Gasteiger partial charge in [-0.05, 0) is 31.4 Å². The van der Waals surface area contributed by atoms with Gasteiger partial charge in [0.2, 0.25) is 0 Å². The van der Waals surface area contributed by atoms with Gasteiger partial charge in [0.25, 0.3) is 0 Å². The number of carbonyl (C=O) groups is 1. The van der Waals surface area contributed by atoms with Crippen LogP contribution in [0.4, 0.5) is 5.82 Å². The average Bonchev–Trinajstić information content (AvgIpc) is 2.29. The van der Waals surface area contributed by atoms with Crippen LogP contribution in [0.1, 0.15) is 19.3 Å². The van der Waals surface area contributed by atoms with Crippen molar-refractivity contribution in [3.05, 3.63) is 18.3 Å². The zero-order valence-corrected chi connectivity index (χ0v) is 8.83. The Morgan fingerprint density at radius 3 is 3.00 bits per heavy atom. The van der Waals surface area contributed by atoms with Crippen LogP contribution in [0.2, 0.25) is 0 Å². The molecule has 0 aromatic carbocycles. The van der Waals surface area contributed by atoms with Gasteiger partial charge in [0.1, 0.15) is 6.04 Å². The van der Waals surface area contributed by atoms with Gasteiger partial charge in [-0.15, -0.1) is 0 Å². The zero-order valence-electron chi connectivity index (χ0n) is 8.83. The van der Waals surface area contributed by atoms with Crippen molar-refractivity contribution >= 4 is 11.8 Å². The van der Waals surface area contributed by atoms with Crippen LogP contribution < -0.4 is 4.90 Å². The van der Waals surface area contributed by atoms with E-state index in [-0.39, 0.29) is 5.75 Å². The van der Waals surface area contributed by atoms with Crippen LogP contribution in [0.15, 0.2) is 18.3 Å². The van der Waals surface area contributed by atoms with Crippen LogP contribution in [0.5, 0.6) is 5.75 Å². The van der Waals surface area contributed by atoms with E-state index >= 15 is 0 Å². The fourth-order valence-corrected chi connectivity index (χ4v) is 2.05. The van der Waals surface area contributed by atoms with Crippen LogP contribution in [0.25, 0.3) is 0 Å². The Bertz CT molecular complexity index is 395. The number of piperidine rings is 1. The van der Waals surface area contributed by atoms with Crippen molar-refractivity contribution in [2.75, 3.05) is 11.4 Å². The summed E-state index contributed by atoms with van der Waals surface area (Å²) in [5.74, 6) is -0.449.